The van der Waals surface area contributed by atoms with Gasteiger partial charge >= 0.3 is 0 Å². The Morgan fingerprint density at radius 1 is 1.35 bits per heavy atom. The second-order valence-electron chi connectivity index (χ2n) is 6.82. The quantitative estimate of drug-likeness (QED) is 0.831. The van der Waals surface area contributed by atoms with Gasteiger partial charge in [0.1, 0.15) is 0 Å². The zero-order valence-corrected chi connectivity index (χ0v) is 13.8. The van der Waals surface area contributed by atoms with Crippen LogP contribution in [0.5, 0.6) is 0 Å². The van der Waals surface area contributed by atoms with Crippen molar-refractivity contribution in [1.82, 2.24) is 15.5 Å². The van der Waals surface area contributed by atoms with Crippen molar-refractivity contribution >= 4 is 5.91 Å². The van der Waals surface area contributed by atoms with Gasteiger partial charge < -0.3 is 14.9 Å². The molecule has 23 heavy (non-hydrogen) atoms. The highest BCUT2D eigenvalue weighted by Crippen LogP contribution is 2.37. The molecular weight excluding hydrogens is 294 g/mol. The number of hydrogen-bond donors (Lipinski definition) is 2. The van der Waals surface area contributed by atoms with Crippen LogP contribution in [0.15, 0.2) is 15.7 Å². The molecule has 0 saturated heterocycles. The molecule has 3 rings (SSSR count). The van der Waals surface area contributed by atoms with Crippen molar-refractivity contribution < 1.29 is 14.4 Å². The van der Waals surface area contributed by atoms with E-state index in [4.69, 9.17) is 4.52 Å². The number of carbonyl (C=O) groups excluding carboxylic acids is 1. The Bertz CT molecular complexity index is 600. The van der Waals surface area contributed by atoms with Crippen molar-refractivity contribution in [3.05, 3.63) is 22.9 Å². The third-order valence-electron chi connectivity index (χ3n) is 5.15. The van der Waals surface area contributed by atoms with Crippen molar-refractivity contribution in [1.29, 1.82) is 0 Å². The van der Waals surface area contributed by atoms with E-state index in [1.807, 2.05) is 6.92 Å². The molecule has 0 aromatic carbocycles. The largest absolute Gasteiger partial charge is 0.393 e. The maximum atomic E-state index is 12.3. The zero-order valence-electron chi connectivity index (χ0n) is 13.8. The molecule has 3 atom stereocenters. The molecule has 0 bridgehead atoms. The Labute approximate surface area is 136 Å². The van der Waals surface area contributed by atoms with E-state index in [0.717, 1.165) is 24.8 Å². The fourth-order valence-electron chi connectivity index (χ4n) is 3.70. The Kier molecular flexibility index (Phi) is 4.80. The number of aryl methyl sites for hydroxylation is 1. The van der Waals surface area contributed by atoms with E-state index < -0.39 is 6.10 Å². The summed E-state index contributed by atoms with van der Waals surface area (Å²) in [4.78, 5) is 16.5. The van der Waals surface area contributed by atoms with E-state index in [1.165, 1.54) is 18.4 Å². The standard InChI is InChI=1S/C17H25N3O3/c1-10(12-5-3-4-6-12)16(22)18-9-14-7-13(8-15(14)21)17-19-11(2)20-23-17/h13-15,21H,3-9H2,1-2H3,(H,18,22)/t13-,14+,15+/m0/s1. The molecule has 2 saturated carbocycles. The predicted molar refractivity (Wildman–Crippen MR) is 84.7 cm³/mol. The SMILES string of the molecule is CC(C(=O)NC[C@H]1C[C@H](c2nc(C)no2)C[C@H]1O)=C1CCCC1. The topological polar surface area (TPSA) is 88.3 Å². The number of carbonyl (C=O) groups is 1. The van der Waals surface area contributed by atoms with Gasteiger partial charge in [0.2, 0.25) is 11.8 Å². The van der Waals surface area contributed by atoms with Crippen molar-refractivity contribution in [2.75, 3.05) is 6.54 Å². The summed E-state index contributed by atoms with van der Waals surface area (Å²) >= 11 is 0. The lowest BCUT2D eigenvalue weighted by Crippen LogP contribution is -2.33. The van der Waals surface area contributed by atoms with E-state index in [2.05, 4.69) is 15.5 Å². The molecule has 1 aromatic heterocycles. The van der Waals surface area contributed by atoms with E-state index >= 15 is 0 Å². The van der Waals surface area contributed by atoms with Crippen molar-refractivity contribution in [3.63, 3.8) is 0 Å². The lowest BCUT2D eigenvalue weighted by atomic mass is 10.0. The smallest absolute Gasteiger partial charge is 0.246 e. The molecule has 2 fully saturated rings. The van der Waals surface area contributed by atoms with Gasteiger partial charge in [0, 0.05) is 24.0 Å². The first-order valence-corrected chi connectivity index (χ1v) is 8.49. The maximum Gasteiger partial charge on any atom is 0.246 e. The number of allylic oxidation sites excluding steroid dienone is 1. The third-order valence-corrected chi connectivity index (χ3v) is 5.15. The molecule has 1 heterocycles. The summed E-state index contributed by atoms with van der Waals surface area (Å²) in [5.41, 5.74) is 2.15. The van der Waals surface area contributed by atoms with Crippen LogP contribution < -0.4 is 5.32 Å². The summed E-state index contributed by atoms with van der Waals surface area (Å²) in [6.07, 6.45) is 5.40. The highest BCUT2D eigenvalue weighted by Gasteiger charge is 2.36. The van der Waals surface area contributed by atoms with Crippen molar-refractivity contribution in [3.8, 4) is 0 Å². The van der Waals surface area contributed by atoms with Gasteiger partial charge in [0.25, 0.3) is 0 Å². The Morgan fingerprint density at radius 3 is 2.74 bits per heavy atom. The second kappa shape index (κ2) is 6.83. The number of nitrogens with zero attached hydrogens (tertiary/aromatic N) is 2. The van der Waals surface area contributed by atoms with Crippen LogP contribution in [0, 0.1) is 12.8 Å². The van der Waals surface area contributed by atoms with Crippen molar-refractivity contribution in [2.45, 2.75) is 64.4 Å². The van der Waals surface area contributed by atoms with Gasteiger partial charge in [-0.25, -0.2) is 0 Å². The van der Waals surface area contributed by atoms with E-state index in [0.29, 0.717) is 24.7 Å². The van der Waals surface area contributed by atoms with Gasteiger partial charge in [-0.1, -0.05) is 10.7 Å². The molecule has 0 radical (unpaired) electrons. The number of nitrogens with one attached hydrogen (secondary N) is 1. The zero-order chi connectivity index (χ0) is 16.4. The van der Waals surface area contributed by atoms with E-state index in [9.17, 15) is 9.90 Å². The summed E-state index contributed by atoms with van der Waals surface area (Å²) in [5.74, 6) is 1.34. The van der Waals surface area contributed by atoms with Crippen LogP contribution in [-0.4, -0.2) is 33.8 Å². The fraction of sp³-hybridized carbons (Fsp3) is 0.706. The minimum Gasteiger partial charge on any atom is -0.393 e. The highest BCUT2D eigenvalue weighted by molar-refractivity contribution is 5.93. The summed E-state index contributed by atoms with van der Waals surface area (Å²) in [7, 11) is 0. The Hall–Kier alpha value is -1.69. The molecule has 1 aromatic rings. The molecule has 6 heteroatoms. The first kappa shape index (κ1) is 16.2. The predicted octanol–water partition coefficient (Wildman–Crippen LogP) is 2.24. The highest BCUT2D eigenvalue weighted by atomic mass is 16.5. The normalized spacial score (nSPS) is 27.4. The number of aliphatic hydroxyl groups is 1. The van der Waals surface area contributed by atoms with Crippen LogP contribution in [-0.2, 0) is 4.79 Å². The Balaban J connectivity index is 1.54. The minimum atomic E-state index is -0.438. The van der Waals surface area contributed by atoms with Crippen LogP contribution in [0.2, 0.25) is 0 Å². The van der Waals surface area contributed by atoms with Gasteiger partial charge in [0.05, 0.1) is 6.10 Å². The van der Waals surface area contributed by atoms with Crippen LogP contribution in [0.25, 0.3) is 0 Å². The van der Waals surface area contributed by atoms with Gasteiger partial charge in [0.15, 0.2) is 5.82 Å². The van der Waals surface area contributed by atoms with E-state index in [1.54, 1.807) is 6.92 Å². The lowest BCUT2D eigenvalue weighted by Gasteiger charge is -2.15. The molecular formula is C17H25N3O3. The van der Waals surface area contributed by atoms with Crippen LogP contribution >= 0.6 is 0 Å². The Morgan fingerprint density at radius 2 is 2.09 bits per heavy atom. The van der Waals surface area contributed by atoms with Gasteiger partial charge in [-0.3, -0.25) is 4.79 Å². The van der Waals surface area contributed by atoms with E-state index in [-0.39, 0.29) is 17.7 Å². The number of amides is 1. The first-order chi connectivity index (χ1) is 11.0. The molecule has 2 N–H and O–H groups in total. The maximum absolute atomic E-state index is 12.3. The molecule has 2 aliphatic rings. The summed E-state index contributed by atoms with van der Waals surface area (Å²) in [6, 6.07) is 0. The average molecular weight is 319 g/mol. The van der Waals surface area contributed by atoms with Gasteiger partial charge in [-0.15, -0.1) is 0 Å². The average Bonchev–Trinajstić information content (AvgIpc) is 3.25. The third kappa shape index (κ3) is 3.63. The molecule has 6 nitrogen and oxygen atoms in total. The number of rotatable bonds is 4. The minimum absolute atomic E-state index is 0.00573. The lowest BCUT2D eigenvalue weighted by molar-refractivity contribution is -0.117. The van der Waals surface area contributed by atoms with Gasteiger partial charge in [-0.05, 0) is 52.4 Å². The number of hydrogen-bond acceptors (Lipinski definition) is 5. The molecule has 0 unspecified atom stereocenters. The molecule has 2 aliphatic carbocycles. The number of aromatic nitrogens is 2. The summed E-state index contributed by atoms with van der Waals surface area (Å²) in [5, 5.41) is 17.0. The second-order valence-corrected chi connectivity index (χ2v) is 6.82. The molecule has 0 aliphatic heterocycles. The molecule has 126 valence electrons. The monoisotopic (exact) mass is 319 g/mol. The van der Waals surface area contributed by atoms with Crippen LogP contribution in [0.3, 0.4) is 0 Å². The van der Waals surface area contributed by atoms with Crippen LogP contribution in [0.1, 0.15) is 63.1 Å². The first-order valence-electron chi connectivity index (χ1n) is 8.49. The van der Waals surface area contributed by atoms with Crippen LogP contribution in [0.4, 0.5) is 0 Å². The number of aliphatic hydroxyl groups excluding tert-OH is 1. The summed E-state index contributed by atoms with van der Waals surface area (Å²) in [6.45, 7) is 4.19. The summed E-state index contributed by atoms with van der Waals surface area (Å²) < 4.78 is 5.21. The van der Waals surface area contributed by atoms with Gasteiger partial charge in [-0.2, -0.15) is 4.98 Å². The molecule has 1 amide bonds. The fourth-order valence-corrected chi connectivity index (χ4v) is 3.70. The van der Waals surface area contributed by atoms with Crippen molar-refractivity contribution in [2.24, 2.45) is 5.92 Å². The molecule has 0 spiro atoms.